The molecule has 1 aromatic carbocycles. The van der Waals surface area contributed by atoms with Crippen LogP contribution in [-0.4, -0.2) is 64.3 Å². The summed E-state index contributed by atoms with van der Waals surface area (Å²) in [6.45, 7) is 9.00. The van der Waals surface area contributed by atoms with Crippen molar-refractivity contribution in [3.05, 3.63) is 46.8 Å². The molecule has 152 valence electrons. The van der Waals surface area contributed by atoms with Gasteiger partial charge in [-0.2, -0.15) is 0 Å². The van der Waals surface area contributed by atoms with Gasteiger partial charge in [0.05, 0.1) is 7.11 Å². The van der Waals surface area contributed by atoms with Crippen LogP contribution in [-0.2, 0) is 13.1 Å². The number of nitrogens with two attached hydrogens (primary N) is 1. The van der Waals surface area contributed by atoms with Crippen molar-refractivity contribution in [3.63, 3.8) is 0 Å². The molecule has 3 rings (SSSR count). The molecule has 1 fully saturated rings. The Labute approximate surface area is 167 Å². The quantitative estimate of drug-likeness (QED) is 0.751. The number of piperazine rings is 1. The van der Waals surface area contributed by atoms with E-state index in [0.29, 0.717) is 12.0 Å². The van der Waals surface area contributed by atoms with E-state index in [-0.39, 0.29) is 6.61 Å². The molecule has 0 spiro atoms. The summed E-state index contributed by atoms with van der Waals surface area (Å²) in [6.07, 6.45) is 4.35. The van der Waals surface area contributed by atoms with Crippen molar-refractivity contribution in [1.29, 1.82) is 0 Å². The molecule has 1 aliphatic rings. The average molecular weight is 386 g/mol. The number of nitrogens with zero attached hydrogens (tertiary/aromatic N) is 4. The van der Waals surface area contributed by atoms with Crippen LogP contribution >= 0.6 is 0 Å². The van der Waals surface area contributed by atoms with Crippen LogP contribution in [0.2, 0.25) is 0 Å². The first-order valence-electron chi connectivity index (χ1n) is 9.78. The number of aliphatic hydroxyl groups is 1. The predicted octanol–water partition coefficient (Wildman–Crippen LogP) is 1.75. The highest BCUT2D eigenvalue weighted by Gasteiger charge is 2.27. The second-order valence-corrected chi connectivity index (χ2v) is 7.50. The Balaban J connectivity index is 1.67. The van der Waals surface area contributed by atoms with E-state index in [0.717, 1.165) is 50.5 Å². The molecule has 7 heteroatoms. The van der Waals surface area contributed by atoms with Crippen molar-refractivity contribution in [2.45, 2.75) is 39.4 Å². The van der Waals surface area contributed by atoms with Crippen molar-refractivity contribution in [1.82, 2.24) is 19.8 Å². The Morgan fingerprint density at radius 2 is 1.89 bits per heavy atom. The molecule has 1 aliphatic heterocycles. The summed E-state index contributed by atoms with van der Waals surface area (Å²) >= 11 is 0. The van der Waals surface area contributed by atoms with Crippen LogP contribution in [0.25, 0.3) is 0 Å². The molecular formula is C21H31N5O2. The van der Waals surface area contributed by atoms with Gasteiger partial charge in [0.2, 0.25) is 5.95 Å². The molecule has 2 heterocycles. The predicted molar refractivity (Wildman–Crippen MR) is 110 cm³/mol. The van der Waals surface area contributed by atoms with E-state index in [2.05, 4.69) is 45.7 Å². The van der Waals surface area contributed by atoms with E-state index in [9.17, 15) is 5.11 Å². The second-order valence-electron chi connectivity index (χ2n) is 7.50. The fraction of sp³-hybridized carbons (Fsp3) is 0.524. The first kappa shape index (κ1) is 20.5. The molecule has 28 heavy (non-hydrogen) atoms. The third-order valence-corrected chi connectivity index (χ3v) is 5.73. The molecule has 0 aliphatic carbocycles. The summed E-state index contributed by atoms with van der Waals surface area (Å²) in [5.41, 5.74) is 10.4. The molecular weight excluding hydrogens is 354 g/mol. The Bertz CT molecular complexity index is 781. The van der Waals surface area contributed by atoms with Crippen LogP contribution in [0.15, 0.2) is 24.5 Å². The number of hydrogen-bond donors (Lipinski definition) is 2. The Kier molecular flexibility index (Phi) is 6.83. The van der Waals surface area contributed by atoms with Gasteiger partial charge in [-0.15, -0.1) is 0 Å². The molecule has 3 N–H and O–H groups in total. The van der Waals surface area contributed by atoms with Gasteiger partial charge in [0, 0.05) is 63.3 Å². The summed E-state index contributed by atoms with van der Waals surface area (Å²) in [5, 5.41) is 9.58. The van der Waals surface area contributed by atoms with Gasteiger partial charge in [0.1, 0.15) is 5.75 Å². The first-order chi connectivity index (χ1) is 13.5. The van der Waals surface area contributed by atoms with Gasteiger partial charge >= 0.3 is 0 Å². The highest BCUT2D eigenvalue weighted by Crippen LogP contribution is 2.26. The fourth-order valence-corrected chi connectivity index (χ4v) is 3.90. The number of benzene rings is 1. The molecule has 0 unspecified atom stereocenters. The minimum absolute atomic E-state index is 0.195. The Morgan fingerprint density at radius 1 is 1.14 bits per heavy atom. The highest BCUT2D eigenvalue weighted by molar-refractivity contribution is 5.43. The summed E-state index contributed by atoms with van der Waals surface area (Å²) in [4.78, 5) is 13.1. The van der Waals surface area contributed by atoms with E-state index in [1.165, 1.54) is 16.7 Å². The maximum atomic E-state index is 9.58. The Morgan fingerprint density at radius 3 is 2.57 bits per heavy atom. The topological polar surface area (TPSA) is 87.7 Å². The SMILES string of the molecule is COc1ccc(CN2CCN(Cc3cnc(N)nc3)C[C@H]2CCO)c(C)c1C. The normalized spacial score (nSPS) is 18.4. The van der Waals surface area contributed by atoms with E-state index < -0.39 is 0 Å². The summed E-state index contributed by atoms with van der Waals surface area (Å²) in [5.74, 6) is 1.24. The minimum atomic E-state index is 0.195. The maximum Gasteiger partial charge on any atom is 0.219 e. The van der Waals surface area contributed by atoms with Gasteiger partial charge in [-0.3, -0.25) is 9.80 Å². The largest absolute Gasteiger partial charge is 0.496 e. The lowest BCUT2D eigenvalue weighted by atomic mass is 10.00. The van der Waals surface area contributed by atoms with Crippen molar-refractivity contribution in [2.75, 3.05) is 39.1 Å². The van der Waals surface area contributed by atoms with E-state index in [4.69, 9.17) is 10.5 Å². The third kappa shape index (κ3) is 4.79. The molecule has 0 bridgehead atoms. The molecule has 1 aromatic heterocycles. The maximum absolute atomic E-state index is 9.58. The number of aliphatic hydroxyl groups excluding tert-OH is 1. The molecule has 0 saturated carbocycles. The lowest BCUT2D eigenvalue weighted by Gasteiger charge is -2.41. The van der Waals surface area contributed by atoms with Crippen molar-refractivity contribution >= 4 is 5.95 Å². The van der Waals surface area contributed by atoms with Crippen molar-refractivity contribution in [3.8, 4) is 5.75 Å². The number of methoxy groups -OCH3 is 1. The van der Waals surface area contributed by atoms with Gasteiger partial charge in [-0.05, 0) is 43.0 Å². The molecule has 1 atom stereocenters. The van der Waals surface area contributed by atoms with Gasteiger partial charge in [-0.25, -0.2) is 9.97 Å². The zero-order chi connectivity index (χ0) is 20.1. The molecule has 7 nitrogen and oxygen atoms in total. The number of anilines is 1. The third-order valence-electron chi connectivity index (χ3n) is 5.73. The summed E-state index contributed by atoms with van der Waals surface area (Å²) in [7, 11) is 1.71. The lowest BCUT2D eigenvalue weighted by molar-refractivity contribution is 0.0497. The van der Waals surface area contributed by atoms with Crippen LogP contribution in [0.3, 0.4) is 0 Å². The van der Waals surface area contributed by atoms with E-state index >= 15 is 0 Å². The molecule has 2 aromatic rings. The van der Waals surface area contributed by atoms with Gasteiger partial charge in [0.25, 0.3) is 0 Å². The average Bonchev–Trinajstić information content (AvgIpc) is 2.69. The zero-order valence-corrected chi connectivity index (χ0v) is 17.1. The summed E-state index contributed by atoms with van der Waals surface area (Å²) in [6, 6.07) is 4.53. The number of nitrogen functional groups attached to an aromatic ring is 1. The van der Waals surface area contributed by atoms with Crippen LogP contribution in [0.5, 0.6) is 5.75 Å². The lowest BCUT2D eigenvalue weighted by Crippen LogP contribution is -2.52. The summed E-state index contributed by atoms with van der Waals surface area (Å²) < 4.78 is 5.44. The number of aromatic nitrogens is 2. The van der Waals surface area contributed by atoms with Crippen LogP contribution < -0.4 is 10.5 Å². The number of rotatable bonds is 7. The van der Waals surface area contributed by atoms with Crippen LogP contribution in [0, 0.1) is 13.8 Å². The monoisotopic (exact) mass is 385 g/mol. The van der Waals surface area contributed by atoms with E-state index in [1.807, 2.05) is 0 Å². The molecule has 1 saturated heterocycles. The second kappa shape index (κ2) is 9.32. The standard InChI is InChI=1S/C21H31N5O2/c1-15-16(2)20(28-3)5-4-18(15)13-26-8-7-25(14-19(26)6-9-27)12-17-10-23-21(22)24-11-17/h4-5,10-11,19,27H,6-9,12-14H2,1-3H3,(H2,22,23,24)/t19-/m1/s1. The zero-order valence-electron chi connectivity index (χ0n) is 17.1. The van der Waals surface area contributed by atoms with Gasteiger partial charge < -0.3 is 15.6 Å². The van der Waals surface area contributed by atoms with Gasteiger partial charge in [0.15, 0.2) is 0 Å². The van der Waals surface area contributed by atoms with Crippen molar-refractivity contribution in [2.24, 2.45) is 0 Å². The number of hydrogen-bond acceptors (Lipinski definition) is 7. The highest BCUT2D eigenvalue weighted by atomic mass is 16.5. The van der Waals surface area contributed by atoms with E-state index in [1.54, 1.807) is 19.5 Å². The number of ether oxygens (including phenoxy) is 1. The van der Waals surface area contributed by atoms with Gasteiger partial charge in [-0.1, -0.05) is 6.07 Å². The molecule has 0 amide bonds. The smallest absolute Gasteiger partial charge is 0.219 e. The Hall–Kier alpha value is -2.22. The minimum Gasteiger partial charge on any atom is -0.496 e. The van der Waals surface area contributed by atoms with Crippen molar-refractivity contribution < 1.29 is 9.84 Å². The molecule has 0 radical (unpaired) electrons. The van der Waals surface area contributed by atoms with Crippen LogP contribution in [0.4, 0.5) is 5.95 Å². The first-order valence-corrected chi connectivity index (χ1v) is 9.78. The fourth-order valence-electron chi connectivity index (χ4n) is 3.90. The van der Waals surface area contributed by atoms with Crippen LogP contribution in [0.1, 0.15) is 28.7 Å².